The summed E-state index contributed by atoms with van der Waals surface area (Å²) in [4.78, 5) is 37.4. The molecule has 0 spiro atoms. The second-order valence-electron chi connectivity index (χ2n) is 7.54. The molecule has 1 heterocycles. The number of aryl methyl sites for hydroxylation is 1. The summed E-state index contributed by atoms with van der Waals surface area (Å²) in [5, 5.41) is 7.91. The van der Waals surface area contributed by atoms with Gasteiger partial charge in [0, 0.05) is 13.1 Å². The fraction of sp³-hybridized carbons (Fsp3) is 0.160. The maximum Gasteiger partial charge on any atom is 0.313 e. The summed E-state index contributed by atoms with van der Waals surface area (Å²) in [6.45, 7) is 2.64. The average Bonchev–Trinajstić information content (AvgIpc) is 3.30. The second-order valence-corrected chi connectivity index (χ2v) is 7.54. The highest BCUT2D eigenvalue weighted by molar-refractivity contribution is 6.40. The highest BCUT2D eigenvalue weighted by atomic mass is 16.7. The topological polar surface area (TPSA) is 106 Å². The van der Waals surface area contributed by atoms with Crippen LogP contribution in [-0.4, -0.2) is 24.5 Å². The van der Waals surface area contributed by atoms with Crippen molar-refractivity contribution in [1.82, 2.24) is 10.6 Å². The molecular weight excluding hydrogens is 422 g/mol. The van der Waals surface area contributed by atoms with Crippen molar-refractivity contribution in [3.63, 3.8) is 0 Å². The van der Waals surface area contributed by atoms with Gasteiger partial charge in [-0.2, -0.15) is 0 Å². The Labute approximate surface area is 190 Å². The van der Waals surface area contributed by atoms with E-state index in [1.165, 1.54) is 0 Å². The Kier molecular flexibility index (Phi) is 6.54. The van der Waals surface area contributed by atoms with Crippen LogP contribution in [0.4, 0.5) is 5.69 Å². The molecule has 0 saturated carbocycles. The van der Waals surface area contributed by atoms with E-state index >= 15 is 0 Å². The molecule has 0 aliphatic carbocycles. The molecule has 0 bridgehead atoms. The minimum absolute atomic E-state index is 0.140. The summed E-state index contributed by atoms with van der Waals surface area (Å²) < 4.78 is 10.6. The summed E-state index contributed by atoms with van der Waals surface area (Å²) in [5.74, 6) is -0.804. The van der Waals surface area contributed by atoms with Crippen LogP contribution in [0.5, 0.6) is 11.5 Å². The number of hydrogen-bond donors (Lipinski definition) is 3. The average molecular weight is 445 g/mol. The number of benzene rings is 3. The number of hydrogen-bond acceptors (Lipinski definition) is 5. The Morgan fingerprint density at radius 1 is 0.788 bits per heavy atom. The first-order valence-corrected chi connectivity index (χ1v) is 10.4. The third kappa shape index (κ3) is 5.48. The smallest absolute Gasteiger partial charge is 0.313 e. The lowest BCUT2D eigenvalue weighted by molar-refractivity contribution is -0.136. The fourth-order valence-corrected chi connectivity index (χ4v) is 3.27. The van der Waals surface area contributed by atoms with Gasteiger partial charge in [0.2, 0.25) is 6.79 Å². The van der Waals surface area contributed by atoms with Gasteiger partial charge in [0.15, 0.2) is 11.5 Å². The number of nitrogens with one attached hydrogen (secondary N) is 3. The minimum Gasteiger partial charge on any atom is -0.454 e. The van der Waals surface area contributed by atoms with Crippen LogP contribution in [0.3, 0.4) is 0 Å². The molecule has 8 nitrogen and oxygen atoms in total. The van der Waals surface area contributed by atoms with Gasteiger partial charge in [-0.3, -0.25) is 14.4 Å². The van der Waals surface area contributed by atoms with Crippen molar-refractivity contribution >= 4 is 23.4 Å². The summed E-state index contributed by atoms with van der Waals surface area (Å²) in [7, 11) is 0. The van der Waals surface area contributed by atoms with E-state index < -0.39 is 11.8 Å². The molecule has 1 aliphatic rings. The molecular formula is C25H23N3O5. The largest absolute Gasteiger partial charge is 0.454 e. The molecule has 0 aromatic heterocycles. The number of carbonyl (C=O) groups is 3. The highest BCUT2D eigenvalue weighted by Crippen LogP contribution is 2.32. The van der Waals surface area contributed by atoms with Crippen LogP contribution in [0, 0.1) is 6.92 Å². The molecule has 3 aromatic carbocycles. The third-order valence-electron chi connectivity index (χ3n) is 5.09. The molecule has 8 heteroatoms. The summed E-state index contributed by atoms with van der Waals surface area (Å²) in [6.07, 6.45) is 0. The summed E-state index contributed by atoms with van der Waals surface area (Å²) in [5.41, 5.74) is 3.37. The van der Waals surface area contributed by atoms with Gasteiger partial charge in [-0.05, 0) is 42.3 Å². The molecule has 1 aliphatic heterocycles. The van der Waals surface area contributed by atoms with Gasteiger partial charge in [-0.15, -0.1) is 0 Å². The molecule has 0 unspecified atom stereocenters. The quantitative estimate of drug-likeness (QED) is 0.506. The van der Waals surface area contributed by atoms with E-state index in [2.05, 4.69) is 16.0 Å². The van der Waals surface area contributed by atoms with Crippen molar-refractivity contribution in [2.45, 2.75) is 20.0 Å². The van der Waals surface area contributed by atoms with Gasteiger partial charge in [0.1, 0.15) is 0 Å². The molecule has 3 N–H and O–H groups in total. The zero-order valence-corrected chi connectivity index (χ0v) is 18.0. The van der Waals surface area contributed by atoms with E-state index in [0.29, 0.717) is 18.0 Å². The maximum atomic E-state index is 12.7. The van der Waals surface area contributed by atoms with Crippen molar-refractivity contribution < 1.29 is 23.9 Å². The van der Waals surface area contributed by atoms with Crippen molar-refractivity contribution in [2.24, 2.45) is 0 Å². The lowest BCUT2D eigenvalue weighted by Gasteiger charge is -2.12. The number of fused-ring (bicyclic) bond motifs is 1. The predicted octanol–water partition coefficient (Wildman–Crippen LogP) is 2.91. The maximum absolute atomic E-state index is 12.7. The Balaban J connectivity index is 1.34. The van der Waals surface area contributed by atoms with Crippen molar-refractivity contribution in [3.05, 3.63) is 89.0 Å². The zero-order valence-electron chi connectivity index (χ0n) is 18.0. The molecule has 33 heavy (non-hydrogen) atoms. The Bertz CT molecular complexity index is 1190. The lowest BCUT2D eigenvalue weighted by atomic mass is 10.1. The van der Waals surface area contributed by atoms with Gasteiger partial charge in [-0.1, -0.05) is 48.0 Å². The zero-order chi connectivity index (χ0) is 23.2. The first kappa shape index (κ1) is 21.9. The summed E-state index contributed by atoms with van der Waals surface area (Å²) >= 11 is 0. The fourth-order valence-electron chi connectivity index (χ4n) is 3.27. The Morgan fingerprint density at radius 3 is 2.30 bits per heavy atom. The van der Waals surface area contributed by atoms with Crippen molar-refractivity contribution in [3.8, 4) is 11.5 Å². The monoisotopic (exact) mass is 445 g/mol. The van der Waals surface area contributed by atoms with Gasteiger partial charge < -0.3 is 25.4 Å². The first-order valence-electron chi connectivity index (χ1n) is 10.4. The first-order chi connectivity index (χ1) is 16.0. The van der Waals surface area contributed by atoms with E-state index in [4.69, 9.17) is 9.47 Å². The predicted molar refractivity (Wildman–Crippen MR) is 122 cm³/mol. The van der Waals surface area contributed by atoms with Crippen LogP contribution in [0.15, 0.2) is 66.7 Å². The van der Waals surface area contributed by atoms with Crippen molar-refractivity contribution in [2.75, 3.05) is 12.1 Å². The van der Waals surface area contributed by atoms with Crippen LogP contribution < -0.4 is 25.4 Å². The van der Waals surface area contributed by atoms with Crippen LogP contribution in [0.2, 0.25) is 0 Å². The second kappa shape index (κ2) is 9.86. The Hall–Kier alpha value is -4.33. The number of carbonyl (C=O) groups excluding carboxylic acids is 3. The van der Waals surface area contributed by atoms with Crippen LogP contribution in [-0.2, 0) is 22.7 Å². The normalized spacial score (nSPS) is 11.5. The van der Waals surface area contributed by atoms with Crippen molar-refractivity contribution in [1.29, 1.82) is 0 Å². The minimum atomic E-state index is -0.866. The number of ether oxygens (including phenoxy) is 2. The van der Waals surface area contributed by atoms with Gasteiger partial charge in [-0.25, -0.2) is 0 Å². The van der Waals surface area contributed by atoms with E-state index in [1.54, 1.807) is 42.5 Å². The van der Waals surface area contributed by atoms with Gasteiger partial charge in [0.25, 0.3) is 5.91 Å². The number of para-hydroxylation sites is 1. The Morgan fingerprint density at radius 2 is 1.48 bits per heavy atom. The molecule has 4 rings (SSSR count). The molecule has 0 atom stereocenters. The molecule has 0 saturated heterocycles. The van der Waals surface area contributed by atoms with E-state index in [1.807, 2.05) is 31.2 Å². The van der Waals surface area contributed by atoms with Crippen LogP contribution in [0.25, 0.3) is 0 Å². The van der Waals surface area contributed by atoms with Gasteiger partial charge in [0.05, 0.1) is 11.3 Å². The van der Waals surface area contributed by atoms with E-state index in [9.17, 15) is 14.4 Å². The number of amides is 3. The third-order valence-corrected chi connectivity index (χ3v) is 5.09. The van der Waals surface area contributed by atoms with Crippen LogP contribution in [0.1, 0.15) is 27.0 Å². The van der Waals surface area contributed by atoms with Gasteiger partial charge >= 0.3 is 11.8 Å². The SMILES string of the molecule is Cc1ccc(CNC(=O)c2ccccc2NC(=O)C(=O)NCc2ccc3c(c2)OCO3)cc1. The van der Waals surface area contributed by atoms with E-state index in [0.717, 1.165) is 16.7 Å². The molecule has 0 fully saturated rings. The standard InChI is InChI=1S/C25H23N3O5/c1-16-6-8-17(9-7-16)13-26-23(29)19-4-2-3-5-20(19)28-25(31)24(30)27-14-18-10-11-21-22(12-18)33-15-32-21/h2-12H,13-15H2,1H3,(H,26,29)(H,27,30)(H,28,31). The van der Waals surface area contributed by atoms with E-state index in [-0.39, 0.29) is 30.5 Å². The molecule has 168 valence electrons. The molecule has 0 radical (unpaired) electrons. The molecule has 3 aromatic rings. The molecule has 3 amide bonds. The number of rotatable bonds is 6. The number of anilines is 1. The highest BCUT2D eigenvalue weighted by Gasteiger charge is 2.18. The summed E-state index contributed by atoms with van der Waals surface area (Å²) in [6, 6.07) is 19.6. The lowest BCUT2D eigenvalue weighted by Crippen LogP contribution is -2.35. The van der Waals surface area contributed by atoms with Crippen LogP contribution >= 0.6 is 0 Å².